The van der Waals surface area contributed by atoms with Crippen molar-refractivity contribution in [2.75, 3.05) is 36.9 Å². The fraction of sp³-hybridized carbons (Fsp3) is 0.400. The Kier molecular flexibility index (Phi) is 3.33. The van der Waals surface area contributed by atoms with E-state index in [0.717, 1.165) is 15.3 Å². The zero-order valence-electron chi connectivity index (χ0n) is 8.72. The molecule has 6 heteroatoms. The van der Waals surface area contributed by atoms with Gasteiger partial charge in [0.25, 0.3) is 0 Å². The maximum absolute atomic E-state index is 8.93. The molecule has 0 amide bonds. The van der Waals surface area contributed by atoms with E-state index in [0.29, 0.717) is 19.0 Å². The zero-order valence-corrected chi connectivity index (χ0v) is 9.54. The molecule has 88 valence electrons. The van der Waals surface area contributed by atoms with Gasteiger partial charge in [-0.15, -0.1) is 11.3 Å². The number of fused-ring (bicyclic) bond motifs is 1. The summed E-state index contributed by atoms with van der Waals surface area (Å²) in [6.07, 6.45) is 0. The van der Waals surface area contributed by atoms with Crippen LogP contribution in [0.25, 0.3) is 10.3 Å². The molecule has 2 aromatic rings. The van der Waals surface area contributed by atoms with Gasteiger partial charge in [0.2, 0.25) is 0 Å². The van der Waals surface area contributed by atoms with Gasteiger partial charge in [0, 0.05) is 25.2 Å². The molecule has 16 heavy (non-hydrogen) atoms. The molecule has 2 rings (SSSR count). The summed E-state index contributed by atoms with van der Waals surface area (Å²) in [6.45, 7) is 1.11. The summed E-state index contributed by atoms with van der Waals surface area (Å²) < 4.78 is 6.27. The van der Waals surface area contributed by atoms with E-state index >= 15 is 0 Å². The van der Waals surface area contributed by atoms with E-state index in [1.807, 2.05) is 11.0 Å². The van der Waals surface area contributed by atoms with Crippen LogP contribution in [0.2, 0.25) is 0 Å². The average Bonchev–Trinajstić information content (AvgIpc) is 2.74. The number of aliphatic hydroxyl groups is 2. The van der Waals surface area contributed by atoms with Crippen molar-refractivity contribution < 1.29 is 14.6 Å². The largest absolute Gasteiger partial charge is 0.440 e. The lowest BCUT2D eigenvalue weighted by atomic mass is 10.4. The number of anilines is 2. The highest BCUT2D eigenvalue weighted by Gasteiger charge is 2.12. The molecule has 0 spiro atoms. The first-order chi connectivity index (χ1) is 7.74. The maximum atomic E-state index is 8.93. The molecule has 2 aromatic heterocycles. The highest BCUT2D eigenvalue weighted by Crippen LogP contribution is 2.35. The summed E-state index contributed by atoms with van der Waals surface area (Å²) in [4.78, 5) is 1.91. The molecule has 0 aliphatic heterocycles. The van der Waals surface area contributed by atoms with Gasteiger partial charge in [-0.05, 0) is 0 Å². The van der Waals surface area contributed by atoms with Crippen LogP contribution >= 0.6 is 11.3 Å². The maximum Gasteiger partial charge on any atom is 0.192 e. The molecule has 5 nitrogen and oxygen atoms in total. The molecule has 0 saturated heterocycles. The van der Waals surface area contributed by atoms with Gasteiger partial charge in [-0.3, -0.25) is 0 Å². The first kappa shape index (κ1) is 11.3. The minimum absolute atomic E-state index is 0.0569. The molecular weight excluding hydrogens is 228 g/mol. The molecule has 4 N–H and O–H groups in total. The molecule has 0 aliphatic carbocycles. The molecule has 0 unspecified atom stereocenters. The predicted octanol–water partition coefficient (Wildman–Crippen LogP) is 0.868. The van der Waals surface area contributed by atoms with E-state index in [-0.39, 0.29) is 13.2 Å². The molecule has 2 heterocycles. The second-order valence-corrected chi connectivity index (χ2v) is 4.46. The SMILES string of the molecule is Nc1cc2sc(N(CCO)CCO)cc2o1. The molecule has 0 fully saturated rings. The summed E-state index contributed by atoms with van der Waals surface area (Å²) in [5.41, 5.74) is 6.27. The third kappa shape index (κ3) is 2.13. The number of aliphatic hydroxyl groups excluding tert-OH is 2. The zero-order chi connectivity index (χ0) is 11.5. The minimum Gasteiger partial charge on any atom is -0.440 e. The van der Waals surface area contributed by atoms with E-state index in [9.17, 15) is 0 Å². The average molecular weight is 242 g/mol. The van der Waals surface area contributed by atoms with Crippen molar-refractivity contribution in [3.63, 3.8) is 0 Å². The van der Waals surface area contributed by atoms with Crippen molar-refractivity contribution >= 4 is 32.5 Å². The number of hydrogen-bond acceptors (Lipinski definition) is 6. The van der Waals surface area contributed by atoms with Crippen molar-refractivity contribution in [3.05, 3.63) is 12.1 Å². The molecule has 0 aliphatic rings. The monoisotopic (exact) mass is 242 g/mol. The normalized spacial score (nSPS) is 11.1. The van der Waals surface area contributed by atoms with E-state index < -0.39 is 0 Å². The van der Waals surface area contributed by atoms with Crippen LogP contribution in [0.3, 0.4) is 0 Å². The standard InChI is InChI=1S/C10H14N2O3S/c11-9-6-8-7(15-9)5-10(16-8)12(1-3-13)2-4-14/h5-6,13-14H,1-4,11H2. The van der Waals surface area contributed by atoms with Crippen LogP contribution in [-0.2, 0) is 0 Å². The Morgan fingerprint density at radius 2 is 1.94 bits per heavy atom. The Morgan fingerprint density at radius 3 is 2.50 bits per heavy atom. The lowest BCUT2D eigenvalue weighted by Gasteiger charge is -2.20. The van der Waals surface area contributed by atoms with Gasteiger partial charge < -0.3 is 25.3 Å². The summed E-state index contributed by atoms with van der Waals surface area (Å²) in [7, 11) is 0. The topological polar surface area (TPSA) is 82.9 Å². The Labute approximate surface area is 96.7 Å². The van der Waals surface area contributed by atoms with Crippen molar-refractivity contribution in [2.45, 2.75) is 0 Å². The van der Waals surface area contributed by atoms with Gasteiger partial charge >= 0.3 is 0 Å². The van der Waals surface area contributed by atoms with Crippen LogP contribution in [0.1, 0.15) is 0 Å². The van der Waals surface area contributed by atoms with Crippen LogP contribution in [0.5, 0.6) is 0 Å². The Balaban J connectivity index is 2.25. The third-order valence-electron chi connectivity index (χ3n) is 2.26. The van der Waals surface area contributed by atoms with Crippen LogP contribution in [0.15, 0.2) is 16.5 Å². The lowest BCUT2D eigenvalue weighted by Crippen LogP contribution is -2.28. The number of furan rings is 1. The molecule has 0 saturated carbocycles. The van der Waals surface area contributed by atoms with E-state index in [1.165, 1.54) is 11.3 Å². The van der Waals surface area contributed by atoms with Crippen molar-refractivity contribution in [3.8, 4) is 0 Å². The van der Waals surface area contributed by atoms with Crippen LogP contribution in [0, 0.1) is 0 Å². The Morgan fingerprint density at radius 1 is 1.25 bits per heavy atom. The predicted molar refractivity (Wildman–Crippen MR) is 64.9 cm³/mol. The second-order valence-electron chi connectivity index (χ2n) is 3.40. The van der Waals surface area contributed by atoms with Crippen LogP contribution < -0.4 is 10.6 Å². The molecular formula is C10H14N2O3S. The number of nitrogen functional groups attached to an aromatic ring is 1. The van der Waals surface area contributed by atoms with E-state index in [1.54, 1.807) is 6.07 Å². The number of nitrogens with two attached hydrogens (primary N) is 1. The molecule has 0 radical (unpaired) electrons. The highest BCUT2D eigenvalue weighted by molar-refractivity contribution is 7.22. The quantitative estimate of drug-likeness (QED) is 0.724. The summed E-state index contributed by atoms with van der Waals surface area (Å²) in [5.74, 6) is 0.406. The van der Waals surface area contributed by atoms with E-state index in [2.05, 4.69) is 0 Å². The Bertz CT molecular complexity index is 428. The highest BCUT2D eigenvalue weighted by atomic mass is 32.1. The summed E-state index contributed by atoms with van der Waals surface area (Å²) in [6, 6.07) is 3.65. The van der Waals surface area contributed by atoms with Crippen LogP contribution in [-0.4, -0.2) is 36.5 Å². The first-order valence-corrected chi connectivity index (χ1v) is 5.81. The van der Waals surface area contributed by atoms with Gasteiger partial charge in [0.15, 0.2) is 5.88 Å². The van der Waals surface area contributed by atoms with E-state index in [4.69, 9.17) is 20.4 Å². The number of nitrogens with zero attached hydrogens (tertiary/aromatic N) is 1. The van der Waals surface area contributed by atoms with Gasteiger partial charge in [0.1, 0.15) is 5.58 Å². The third-order valence-corrected chi connectivity index (χ3v) is 3.39. The van der Waals surface area contributed by atoms with Crippen molar-refractivity contribution in [1.29, 1.82) is 0 Å². The number of rotatable bonds is 5. The molecule has 0 bridgehead atoms. The van der Waals surface area contributed by atoms with Gasteiger partial charge in [-0.1, -0.05) is 0 Å². The minimum atomic E-state index is 0.0569. The van der Waals surface area contributed by atoms with Crippen LogP contribution in [0.4, 0.5) is 10.9 Å². The van der Waals surface area contributed by atoms with Gasteiger partial charge in [0.05, 0.1) is 22.9 Å². The van der Waals surface area contributed by atoms with Crippen molar-refractivity contribution in [1.82, 2.24) is 0 Å². The summed E-state index contributed by atoms with van der Waals surface area (Å²) >= 11 is 1.54. The van der Waals surface area contributed by atoms with Gasteiger partial charge in [-0.2, -0.15) is 0 Å². The number of thiophene rings is 1. The number of hydrogen-bond donors (Lipinski definition) is 3. The Hall–Kier alpha value is -1.24. The molecule has 0 atom stereocenters. The second kappa shape index (κ2) is 4.73. The summed E-state index contributed by atoms with van der Waals surface area (Å²) in [5, 5.41) is 18.8. The lowest BCUT2D eigenvalue weighted by molar-refractivity contribution is 0.281. The molecule has 0 aromatic carbocycles. The smallest absolute Gasteiger partial charge is 0.192 e. The van der Waals surface area contributed by atoms with Crippen molar-refractivity contribution in [2.24, 2.45) is 0 Å². The fourth-order valence-electron chi connectivity index (χ4n) is 1.57. The fourth-order valence-corrected chi connectivity index (χ4v) is 2.65. The van der Waals surface area contributed by atoms with Gasteiger partial charge in [-0.25, -0.2) is 0 Å². The first-order valence-electron chi connectivity index (χ1n) is 5.00.